The first-order valence-electron chi connectivity index (χ1n) is 7.40. The fraction of sp³-hybridized carbons (Fsp3) is 0.167. The highest BCUT2D eigenvalue weighted by Crippen LogP contribution is 2.28. The van der Waals surface area contributed by atoms with Crippen LogP contribution in [0, 0.1) is 17.0 Å². The third-order valence-electron chi connectivity index (χ3n) is 3.51. The number of hydrogen-bond acceptors (Lipinski definition) is 5. The fourth-order valence-electron chi connectivity index (χ4n) is 2.20. The molecule has 0 saturated heterocycles. The molecule has 1 N–H and O–H groups in total. The van der Waals surface area contributed by atoms with Crippen molar-refractivity contribution in [3.05, 3.63) is 63.7 Å². The van der Waals surface area contributed by atoms with Crippen LogP contribution in [-0.4, -0.2) is 25.1 Å². The fourth-order valence-corrected chi connectivity index (χ4v) is 2.20. The van der Waals surface area contributed by atoms with Crippen LogP contribution in [0.5, 0.6) is 11.5 Å². The average molecular weight is 342 g/mol. The smallest absolute Gasteiger partial charge is 0.269 e. The van der Waals surface area contributed by atoms with Crippen molar-refractivity contribution in [2.45, 2.75) is 6.92 Å². The molecule has 0 heterocycles. The van der Waals surface area contributed by atoms with Gasteiger partial charge in [0.05, 0.1) is 19.1 Å². The maximum atomic E-state index is 12.0. The molecular formula is C18H18N2O5. The number of nitrogens with zero attached hydrogens (tertiary/aromatic N) is 1. The molecule has 130 valence electrons. The van der Waals surface area contributed by atoms with E-state index >= 15 is 0 Å². The van der Waals surface area contributed by atoms with Crippen molar-refractivity contribution in [1.82, 2.24) is 0 Å². The molecule has 0 bridgehead atoms. The summed E-state index contributed by atoms with van der Waals surface area (Å²) in [6.07, 6.45) is 3.01. The minimum Gasteiger partial charge on any atom is -0.493 e. The topological polar surface area (TPSA) is 90.7 Å². The molecule has 2 aromatic rings. The highest BCUT2D eigenvalue weighted by atomic mass is 16.6. The molecule has 1 amide bonds. The zero-order valence-electron chi connectivity index (χ0n) is 14.1. The number of nitro groups is 1. The standard InChI is InChI=1S/C18H18N2O5/c1-12-10-14(20(22)23)6-7-15(12)19-18(21)9-5-13-4-8-16(24-2)17(11-13)25-3/h4-11H,1-3H3,(H,19,21)/b9-5+. The van der Waals surface area contributed by atoms with Crippen molar-refractivity contribution in [2.75, 3.05) is 19.5 Å². The van der Waals surface area contributed by atoms with Crippen LogP contribution in [0.4, 0.5) is 11.4 Å². The van der Waals surface area contributed by atoms with Crippen molar-refractivity contribution >= 4 is 23.4 Å². The molecule has 0 aromatic heterocycles. The van der Waals surface area contributed by atoms with Gasteiger partial charge in [-0.15, -0.1) is 0 Å². The summed E-state index contributed by atoms with van der Waals surface area (Å²) in [5, 5.41) is 13.4. The van der Waals surface area contributed by atoms with Gasteiger partial charge < -0.3 is 14.8 Å². The number of non-ortho nitro benzene ring substituents is 1. The summed E-state index contributed by atoms with van der Waals surface area (Å²) in [4.78, 5) is 22.3. The van der Waals surface area contributed by atoms with Gasteiger partial charge in [-0.1, -0.05) is 6.07 Å². The van der Waals surface area contributed by atoms with Gasteiger partial charge in [0.1, 0.15) is 0 Å². The van der Waals surface area contributed by atoms with Gasteiger partial charge >= 0.3 is 0 Å². The number of rotatable bonds is 6. The number of carbonyl (C=O) groups excluding carboxylic acids is 1. The Bertz CT molecular complexity index is 830. The summed E-state index contributed by atoms with van der Waals surface area (Å²) in [6.45, 7) is 1.70. The van der Waals surface area contributed by atoms with Crippen LogP contribution in [0.2, 0.25) is 0 Å². The SMILES string of the molecule is COc1ccc(/C=C/C(=O)Nc2ccc([N+](=O)[O-])cc2C)cc1OC. The minimum atomic E-state index is -0.477. The number of amides is 1. The summed E-state index contributed by atoms with van der Waals surface area (Å²) in [6, 6.07) is 9.56. The lowest BCUT2D eigenvalue weighted by molar-refractivity contribution is -0.384. The Morgan fingerprint density at radius 1 is 1.12 bits per heavy atom. The van der Waals surface area contributed by atoms with Crippen molar-refractivity contribution in [3.8, 4) is 11.5 Å². The Kier molecular flexibility index (Phi) is 5.73. The third kappa shape index (κ3) is 4.57. The lowest BCUT2D eigenvalue weighted by Gasteiger charge is -2.08. The Hall–Kier alpha value is -3.35. The predicted octanol–water partition coefficient (Wildman–Crippen LogP) is 3.57. The zero-order valence-corrected chi connectivity index (χ0v) is 14.1. The Morgan fingerprint density at radius 3 is 2.44 bits per heavy atom. The zero-order chi connectivity index (χ0) is 18.4. The maximum Gasteiger partial charge on any atom is 0.269 e. The molecule has 0 aliphatic heterocycles. The summed E-state index contributed by atoms with van der Waals surface area (Å²) in [5.74, 6) is 0.827. The van der Waals surface area contributed by atoms with E-state index in [0.29, 0.717) is 22.7 Å². The van der Waals surface area contributed by atoms with Crippen molar-refractivity contribution in [2.24, 2.45) is 0 Å². The second-order valence-electron chi connectivity index (χ2n) is 5.19. The molecule has 25 heavy (non-hydrogen) atoms. The Morgan fingerprint density at radius 2 is 1.84 bits per heavy atom. The number of hydrogen-bond donors (Lipinski definition) is 1. The molecule has 0 radical (unpaired) electrons. The molecule has 0 saturated carbocycles. The summed E-state index contributed by atoms with van der Waals surface area (Å²) >= 11 is 0. The maximum absolute atomic E-state index is 12.0. The van der Waals surface area contributed by atoms with Gasteiger partial charge in [0.15, 0.2) is 11.5 Å². The summed E-state index contributed by atoms with van der Waals surface area (Å²) < 4.78 is 10.4. The molecule has 7 nitrogen and oxygen atoms in total. The second kappa shape index (κ2) is 7.96. The van der Waals surface area contributed by atoms with Crippen LogP contribution in [-0.2, 0) is 4.79 Å². The molecule has 2 aromatic carbocycles. The van der Waals surface area contributed by atoms with E-state index in [1.165, 1.54) is 31.4 Å². The predicted molar refractivity (Wildman–Crippen MR) is 95.0 cm³/mol. The van der Waals surface area contributed by atoms with E-state index in [0.717, 1.165) is 5.56 Å². The molecule has 0 aliphatic rings. The van der Waals surface area contributed by atoms with Crippen LogP contribution in [0.3, 0.4) is 0 Å². The van der Waals surface area contributed by atoms with Gasteiger partial charge in [-0.3, -0.25) is 14.9 Å². The van der Waals surface area contributed by atoms with E-state index in [1.54, 1.807) is 38.3 Å². The first kappa shape index (κ1) is 18.0. The van der Waals surface area contributed by atoms with Gasteiger partial charge in [-0.2, -0.15) is 0 Å². The lowest BCUT2D eigenvalue weighted by Crippen LogP contribution is -2.09. The highest BCUT2D eigenvalue weighted by molar-refractivity contribution is 6.02. The number of methoxy groups -OCH3 is 2. The van der Waals surface area contributed by atoms with E-state index in [1.807, 2.05) is 0 Å². The van der Waals surface area contributed by atoms with E-state index in [9.17, 15) is 14.9 Å². The lowest BCUT2D eigenvalue weighted by atomic mass is 10.1. The van der Waals surface area contributed by atoms with Gasteiger partial charge in [-0.05, 0) is 42.3 Å². The van der Waals surface area contributed by atoms with Gasteiger partial charge in [-0.25, -0.2) is 0 Å². The average Bonchev–Trinajstić information content (AvgIpc) is 2.61. The third-order valence-corrected chi connectivity index (χ3v) is 3.51. The number of benzene rings is 2. The van der Waals surface area contributed by atoms with Crippen molar-refractivity contribution in [1.29, 1.82) is 0 Å². The van der Waals surface area contributed by atoms with Crippen LogP contribution < -0.4 is 14.8 Å². The van der Waals surface area contributed by atoms with Crippen LogP contribution in [0.25, 0.3) is 6.08 Å². The molecule has 7 heteroatoms. The highest BCUT2D eigenvalue weighted by Gasteiger charge is 2.09. The Balaban J connectivity index is 2.10. The largest absolute Gasteiger partial charge is 0.493 e. The van der Waals surface area contributed by atoms with Gasteiger partial charge in [0.2, 0.25) is 5.91 Å². The second-order valence-corrected chi connectivity index (χ2v) is 5.19. The first-order chi connectivity index (χ1) is 11.9. The monoisotopic (exact) mass is 342 g/mol. The molecule has 0 fully saturated rings. The van der Waals surface area contributed by atoms with Crippen LogP contribution in [0.1, 0.15) is 11.1 Å². The minimum absolute atomic E-state index is 0.0173. The van der Waals surface area contributed by atoms with E-state index in [-0.39, 0.29) is 11.6 Å². The first-order valence-corrected chi connectivity index (χ1v) is 7.40. The summed E-state index contributed by atoms with van der Waals surface area (Å²) in [5.41, 5.74) is 1.89. The quantitative estimate of drug-likeness (QED) is 0.492. The molecule has 0 aliphatic carbocycles. The Labute approximate surface area is 145 Å². The molecule has 0 spiro atoms. The van der Waals surface area contributed by atoms with Crippen molar-refractivity contribution in [3.63, 3.8) is 0 Å². The van der Waals surface area contributed by atoms with Gasteiger partial charge in [0, 0.05) is 23.9 Å². The van der Waals surface area contributed by atoms with E-state index < -0.39 is 4.92 Å². The molecule has 0 unspecified atom stereocenters. The number of carbonyl (C=O) groups is 1. The number of anilines is 1. The van der Waals surface area contributed by atoms with Crippen molar-refractivity contribution < 1.29 is 19.2 Å². The molecular weight excluding hydrogens is 324 g/mol. The normalized spacial score (nSPS) is 10.5. The number of ether oxygens (including phenoxy) is 2. The molecule has 2 rings (SSSR count). The molecule has 0 atom stereocenters. The van der Waals surface area contributed by atoms with Crippen LogP contribution >= 0.6 is 0 Å². The van der Waals surface area contributed by atoms with Gasteiger partial charge in [0.25, 0.3) is 5.69 Å². The van der Waals surface area contributed by atoms with E-state index in [2.05, 4.69) is 5.32 Å². The van der Waals surface area contributed by atoms with E-state index in [4.69, 9.17) is 9.47 Å². The summed E-state index contributed by atoms with van der Waals surface area (Å²) in [7, 11) is 3.09. The number of nitrogens with one attached hydrogen (secondary N) is 1. The number of aryl methyl sites for hydroxylation is 1. The van der Waals surface area contributed by atoms with Crippen LogP contribution in [0.15, 0.2) is 42.5 Å². The number of nitro benzene ring substituents is 1.